The predicted octanol–water partition coefficient (Wildman–Crippen LogP) is 3.67. The second-order valence-corrected chi connectivity index (χ2v) is 5.49. The molecule has 3 heterocycles. The lowest BCUT2D eigenvalue weighted by molar-refractivity contribution is 0.507. The van der Waals surface area contributed by atoms with Gasteiger partial charge in [0, 0.05) is 31.2 Å². The highest BCUT2D eigenvalue weighted by Gasteiger charge is 2.30. The summed E-state index contributed by atoms with van der Waals surface area (Å²) in [6.45, 7) is 0. The molecule has 0 saturated carbocycles. The van der Waals surface area contributed by atoms with Gasteiger partial charge in [0.05, 0.1) is 16.4 Å². The van der Waals surface area contributed by atoms with Gasteiger partial charge in [-0.2, -0.15) is 0 Å². The summed E-state index contributed by atoms with van der Waals surface area (Å²) in [6.07, 6.45) is 5.10. The number of rotatable bonds is 2. The lowest BCUT2D eigenvalue weighted by Gasteiger charge is -2.09. The first-order valence-corrected chi connectivity index (χ1v) is 7.19. The summed E-state index contributed by atoms with van der Waals surface area (Å²) in [6, 6.07) is 9.41. The minimum Gasteiger partial charge on any atom is -0.440 e. The molecule has 0 amide bonds. The summed E-state index contributed by atoms with van der Waals surface area (Å²) < 4.78 is 5.86. The van der Waals surface area contributed by atoms with Crippen LogP contribution in [-0.4, -0.2) is 15.0 Å². The van der Waals surface area contributed by atoms with Crippen LogP contribution in [0.1, 0.15) is 23.1 Å². The molecular weight excluding hydrogens is 286 g/mol. The highest BCUT2D eigenvalue weighted by molar-refractivity contribution is 6.31. The number of halogens is 1. The molecule has 1 aliphatic carbocycles. The summed E-state index contributed by atoms with van der Waals surface area (Å²) in [7, 11) is 0. The minimum atomic E-state index is 0.248. The molecule has 0 fully saturated rings. The van der Waals surface area contributed by atoms with E-state index in [-0.39, 0.29) is 5.92 Å². The highest BCUT2D eigenvalue weighted by Crippen LogP contribution is 2.37. The maximum Gasteiger partial charge on any atom is 0.245 e. The third kappa shape index (κ3) is 2.21. The third-order valence-corrected chi connectivity index (χ3v) is 4.03. The van der Waals surface area contributed by atoms with Crippen LogP contribution < -0.4 is 0 Å². The summed E-state index contributed by atoms with van der Waals surface area (Å²) >= 11 is 6.22. The number of fused-ring (bicyclic) bond motifs is 1. The maximum atomic E-state index is 6.22. The van der Waals surface area contributed by atoms with E-state index in [0.29, 0.717) is 10.9 Å². The largest absolute Gasteiger partial charge is 0.440 e. The molecular formula is C16H12ClN3O. The number of oxazole rings is 1. The minimum absolute atomic E-state index is 0.248. The van der Waals surface area contributed by atoms with Crippen LogP contribution in [0.15, 0.2) is 47.1 Å². The predicted molar refractivity (Wildman–Crippen MR) is 79.1 cm³/mol. The molecule has 0 aliphatic heterocycles. The third-order valence-electron chi connectivity index (χ3n) is 3.71. The zero-order chi connectivity index (χ0) is 14.2. The van der Waals surface area contributed by atoms with Crippen molar-refractivity contribution in [2.45, 2.75) is 18.8 Å². The molecule has 0 radical (unpaired) electrons. The average molecular weight is 298 g/mol. The smallest absolute Gasteiger partial charge is 0.245 e. The van der Waals surface area contributed by atoms with Gasteiger partial charge in [0.25, 0.3) is 0 Å². The number of nitrogens with zero attached hydrogens (tertiary/aromatic N) is 3. The second kappa shape index (κ2) is 4.97. The maximum absolute atomic E-state index is 6.22. The van der Waals surface area contributed by atoms with Crippen LogP contribution in [0.25, 0.3) is 11.6 Å². The second-order valence-electron chi connectivity index (χ2n) is 5.08. The molecule has 1 aliphatic rings. The van der Waals surface area contributed by atoms with E-state index >= 15 is 0 Å². The van der Waals surface area contributed by atoms with Crippen molar-refractivity contribution >= 4 is 11.6 Å². The molecule has 104 valence electrons. The summed E-state index contributed by atoms with van der Waals surface area (Å²) in [5.74, 6) is 1.76. The molecule has 3 aromatic heterocycles. The average Bonchev–Trinajstić information content (AvgIpc) is 3.07. The van der Waals surface area contributed by atoms with Crippen molar-refractivity contribution in [3.8, 4) is 11.6 Å². The normalized spacial score (nSPS) is 16.9. The number of pyridine rings is 2. The van der Waals surface area contributed by atoms with Gasteiger partial charge in [0.1, 0.15) is 11.5 Å². The van der Waals surface area contributed by atoms with Crippen molar-refractivity contribution in [1.82, 2.24) is 15.0 Å². The Balaban J connectivity index is 1.62. The van der Waals surface area contributed by atoms with E-state index in [4.69, 9.17) is 16.0 Å². The Morgan fingerprint density at radius 2 is 1.95 bits per heavy atom. The standard InChI is InChI=1S/C16H12ClN3O/c17-11-4-3-7-19-15(11)10-8-13-14(9-10)21-16(20-13)12-5-1-2-6-18-12/h1-7,10H,8-9H2. The molecule has 4 nitrogen and oxygen atoms in total. The van der Waals surface area contributed by atoms with Gasteiger partial charge in [0.2, 0.25) is 5.89 Å². The summed E-state index contributed by atoms with van der Waals surface area (Å²) in [5.41, 5.74) is 2.67. The molecule has 0 bridgehead atoms. The fourth-order valence-corrected chi connectivity index (χ4v) is 3.00. The Kier molecular flexibility index (Phi) is 2.97. The highest BCUT2D eigenvalue weighted by atomic mass is 35.5. The van der Waals surface area contributed by atoms with Crippen LogP contribution in [0.4, 0.5) is 0 Å². The molecule has 21 heavy (non-hydrogen) atoms. The first-order valence-electron chi connectivity index (χ1n) is 6.81. The van der Waals surface area contributed by atoms with Gasteiger partial charge in [-0.1, -0.05) is 17.7 Å². The van der Waals surface area contributed by atoms with Crippen molar-refractivity contribution in [1.29, 1.82) is 0 Å². The molecule has 3 aromatic rings. The van der Waals surface area contributed by atoms with E-state index in [1.807, 2.05) is 30.3 Å². The van der Waals surface area contributed by atoms with E-state index in [9.17, 15) is 0 Å². The van der Waals surface area contributed by atoms with Gasteiger partial charge in [-0.3, -0.25) is 9.97 Å². The number of hydrogen-bond donors (Lipinski definition) is 0. The van der Waals surface area contributed by atoms with Gasteiger partial charge >= 0.3 is 0 Å². The summed E-state index contributed by atoms with van der Waals surface area (Å²) in [4.78, 5) is 13.2. The van der Waals surface area contributed by atoms with Crippen molar-refractivity contribution in [3.63, 3.8) is 0 Å². The Bertz CT molecular complexity index is 762. The fraction of sp³-hybridized carbons (Fsp3) is 0.188. The molecule has 4 rings (SSSR count). The van der Waals surface area contributed by atoms with Crippen LogP contribution >= 0.6 is 11.6 Å². The van der Waals surface area contributed by atoms with Gasteiger partial charge < -0.3 is 4.42 Å². The van der Waals surface area contributed by atoms with Crippen molar-refractivity contribution in [3.05, 3.63) is 64.9 Å². The van der Waals surface area contributed by atoms with E-state index in [1.54, 1.807) is 12.4 Å². The van der Waals surface area contributed by atoms with Crippen molar-refractivity contribution in [2.75, 3.05) is 0 Å². The molecule has 5 heteroatoms. The van der Waals surface area contributed by atoms with Gasteiger partial charge in [-0.25, -0.2) is 4.98 Å². The first kappa shape index (κ1) is 12.5. The first-order chi connectivity index (χ1) is 10.3. The molecule has 1 atom stereocenters. The summed E-state index contributed by atoms with van der Waals surface area (Å²) in [5, 5.41) is 0.706. The van der Waals surface area contributed by atoms with Crippen LogP contribution in [0, 0.1) is 0 Å². The Morgan fingerprint density at radius 3 is 2.71 bits per heavy atom. The van der Waals surface area contributed by atoms with Crippen LogP contribution in [0.2, 0.25) is 5.02 Å². The fourth-order valence-electron chi connectivity index (χ4n) is 2.72. The quantitative estimate of drug-likeness (QED) is 0.724. The number of aromatic nitrogens is 3. The van der Waals surface area contributed by atoms with Gasteiger partial charge in [-0.05, 0) is 24.3 Å². The van der Waals surface area contributed by atoms with Crippen LogP contribution in [0.5, 0.6) is 0 Å². The van der Waals surface area contributed by atoms with Crippen LogP contribution in [0.3, 0.4) is 0 Å². The monoisotopic (exact) mass is 297 g/mol. The Labute approximate surface area is 126 Å². The van der Waals surface area contributed by atoms with Crippen molar-refractivity contribution < 1.29 is 4.42 Å². The lowest BCUT2D eigenvalue weighted by Crippen LogP contribution is -2.02. The lowest BCUT2D eigenvalue weighted by atomic mass is 10.0. The SMILES string of the molecule is Clc1cccnc1C1Cc2nc(-c3ccccn3)oc2C1. The van der Waals surface area contributed by atoms with E-state index < -0.39 is 0 Å². The number of hydrogen-bond acceptors (Lipinski definition) is 4. The van der Waals surface area contributed by atoms with Crippen LogP contribution in [-0.2, 0) is 12.8 Å². The molecule has 1 unspecified atom stereocenters. The van der Waals surface area contributed by atoms with E-state index in [1.165, 1.54) is 0 Å². The zero-order valence-electron chi connectivity index (χ0n) is 11.2. The molecule has 0 N–H and O–H groups in total. The molecule has 0 spiro atoms. The topological polar surface area (TPSA) is 51.8 Å². The Morgan fingerprint density at radius 1 is 1.05 bits per heavy atom. The molecule has 0 saturated heterocycles. The van der Waals surface area contributed by atoms with E-state index in [0.717, 1.165) is 35.7 Å². The molecule has 0 aromatic carbocycles. The van der Waals surface area contributed by atoms with Crippen molar-refractivity contribution in [2.24, 2.45) is 0 Å². The van der Waals surface area contributed by atoms with Gasteiger partial charge in [0.15, 0.2) is 0 Å². The zero-order valence-corrected chi connectivity index (χ0v) is 11.9. The van der Waals surface area contributed by atoms with E-state index in [2.05, 4.69) is 15.0 Å². The van der Waals surface area contributed by atoms with Gasteiger partial charge in [-0.15, -0.1) is 0 Å². The Hall–Kier alpha value is -2.20.